The summed E-state index contributed by atoms with van der Waals surface area (Å²) in [7, 11) is 0. The molecule has 0 radical (unpaired) electrons. The number of ether oxygens (including phenoxy) is 1. The maximum Gasteiger partial charge on any atom is 0.261 e. The highest BCUT2D eigenvalue weighted by molar-refractivity contribution is 6.36. The quantitative estimate of drug-likeness (QED) is 0.357. The molecule has 3 aromatic rings. The van der Waals surface area contributed by atoms with E-state index in [0.29, 0.717) is 34.3 Å². The van der Waals surface area contributed by atoms with Crippen LogP contribution in [0.15, 0.2) is 72.8 Å². The fourth-order valence-corrected chi connectivity index (χ4v) is 4.27. The Labute approximate surface area is 217 Å². The van der Waals surface area contributed by atoms with Crippen LogP contribution in [0.3, 0.4) is 0 Å². The molecule has 0 fully saturated rings. The lowest BCUT2D eigenvalue weighted by molar-refractivity contribution is -0.142. The molecule has 3 rings (SSSR count). The van der Waals surface area contributed by atoms with Gasteiger partial charge in [0.15, 0.2) is 6.61 Å². The molecular weight excluding hydrogens is 483 g/mol. The van der Waals surface area contributed by atoms with Gasteiger partial charge in [-0.15, -0.1) is 0 Å². The second kappa shape index (κ2) is 13.2. The summed E-state index contributed by atoms with van der Waals surface area (Å²) in [4.78, 5) is 28.2. The molecule has 0 aliphatic carbocycles. The molecule has 5 nitrogen and oxygen atoms in total. The second-order valence-electron chi connectivity index (χ2n) is 8.11. The van der Waals surface area contributed by atoms with Gasteiger partial charge in [-0.05, 0) is 48.7 Å². The maximum absolute atomic E-state index is 13.5. The van der Waals surface area contributed by atoms with Crippen molar-refractivity contribution in [3.63, 3.8) is 0 Å². The van der Waals surface area contributed by atoms with E-state index in [0.717, 1.165) is 12.0 Å². The van der Waals surface area contributed by atoms with Crippen LogP contribution in [0.4, 0.5) is 0 Å². The largest absolute Gasteiger partial charge is 0.484 e. The minimum atomic E-state index is -0.775. The first-order valence-corrected chi connectivity index (χ1v) is 12.4. The molecule has 184 valence electrons. The van der Waals surface area contributed by atoms with Crippen LogP contribution in [0.2, 0.25) is 10.0 Å². The molecule has 0 unspecified atom stereocenters. The van der Waals surface area contributed by atoms with Crippen molar-refractivity contribution in [1.29, 1.82) is 0 Å². The van der Waals surface area contributed by atoms with Crippen molar-refractivity contribution in [2.75, 3.05) is 13.2 Å². The van der Waals surface area contributed by atoms with Gasteiger partial charge in [0, 0.05) is 35.1 Å². The highest BCUT2D eigenvalue weighted by Gasteiger charge is 2.31. The number of amides is 2. The van der Waals surface area contributed by atoms with Gasteiger partial charge in [0.2, 0.25) is 5.91 Å². The number of nitrogens with one attached hydrogen (secondary N) is 1. The molecule has 1 N–H and O–H groups in total. The molecule has 2 amide bonds. The summed E-state index contributed by atoms with van der Waals surface area (Å²) in [6, 6.07) is 21.6. The number of carbonyl (C=O) groups is 2. The fraction of sp³-hybridized carbons (Fsp3) is 0.286. The number of rotatable bonds is 11. The molecule has 7 heteroatoms. The molecule has 0 saturated heterocycles. The molecule has 1 atom stereocenters. The minimum absolute atomic E-state index is 0.0735. The molecule has 0 aliphatic heterocycles. The number of halogens is 2. The second-order valence-corrected chi connectivity index (χ2v) is 8.92. The molecular formula is C28H30Cl2N2O3. The smallest absolute Gasteiger partial charge is 0.261 e. The van der Waals surface area contributed by atoms with Crippen LogP contribution in [-0.2, 0) is 29.0 Å². The van der Waals surface area contributed by atoms with Gasteiger partial charge in [-0.25, -0.2) is 0 Å². The Morgan fingerprint density at radius 1 is 0.886 bits per heavy atom. The summed E-state index contributed by atoms with van der Waals surface area (Å²) < 4.78 is 5.80. The van der Waals surface area contributed by atoms with E-state index >= 15 is 0 Å². The number of carbonyl (C=O) groups excluding carboxylic acids is 2. The molecule has 0 bridgehead atoms. The molecule has 0 aromatic heterocycles. The third kappa shape index (κ3) is 7.48. The summed E-state index contributed by atoms with van der Waals surface area (Å²) >= 11 is 12.9. The number of aryl methyl sites for hydroxylation is 1. The summed E-state index contributed by atoms with van der Waals surface area (Å²) in [6.45, 7) is 4.21. The SMILES string of the molecule is CCNC(=O)[C@H](Cc1ccccc1)N(Cc1c(Cl)cccc1Cl)C(=O)COc1ccc(CC)cc1. The Balaban J connectivity index is 1.91. The Morgan fingerprint density at radius 2 is 1.54 bits per heavy atom. The standard InChI is InChI=1S/C28H30Cl2N2O3/c1-3-20-13-15-22(16-14-20)35-19-27(33)32(18-23-24(29)11-8-12-25(23)30)26(28(34)31-4-2)17-21-9-6-5-7-10-21/h5-16,26H,3-4,17-19H2,1-2H3,(H,31,34)/t26-/m0/s1. The number of benzene rings is 3. The van der Waals surface area contributed by atoms with Crippen LogP contribution < -0.4 is 10.1 Å². The third-order valence-electron chi connectivity index (χ3n) is 5.71. The van der Waals surface area contributed by atoms with E-state index in [1.165, 1.54) is 10.5 Å². The number of hydrogen-bond acceptors (Lipinski definition) is 3. The Bertz CT molecular complexity index is 1100. The third-order valence-corrected chi connectivity index (χ3v) is 6.41. The van der Waals surface area contributed by atoms with Crippen molar-refractivity contribution < 1.29 is 14.3 Å². The van der Waals surface area contributed by atoms with Gasteiger partial charge in [-0.1, -0.05) is 78.7 Å². The van der Waals surface area contributed by atoms with Crippen LogP contribution in [-0.4, -0.2) is 35.9 Å². The summed E-state index contributed by atoms with van der Waals surface area (Å²) in [6.07, 6.45) is 1.25. The first-order chi connectivity index (χ1) is 16.9. The summed E-state index contributed by atoms with van der Waals surface area (Å²) in [5.74, 6) is -0.00295. The van der Waals surface area contributed by atoms with Gasteiger partial charge in [-0.2, -0.15) is 0 Å². The topological polar surface area (TPSA) is 58.6 Å². The van der Waals surface area contributed by atoms with Gasteiger partial charge in [0.05, 0.1) is 0 Å². The average molecular weight is 513 g/mol. The summed E-state index contributed by atoms with van der Waals surface area (Å²) in [5, 5.41) is 3.73. The lowest BCUT2D eigenvalue weighted by atomic mass is 10.0. The van der Waals surface area contributed by atoms with Crippen LogP contribution in [0.1, 0.15) is 30.5 Å². The monoisotopic (exact) mass is 512 g/mol. The van der Waals surface area contributed by atoms with Crippen molar-refractivity contribution >= 4 is 35.0 Å². The lowest BCUT2D eigenvalue weighted by Crippen LogP contribution is -2.51. The predicted octanol–water partition coefficient (Wildman–Crippen LogP) is 5.71. The van der Waals surface area contributed by atoms with E-state index in [9.17, 15) is 9.59 Å². The van der Waals surface area contributed by atoms with E-state index in [1.807, 2.05) is 61.5 Å². The average Bonchev–Trinajstić information content (AvgIpc) is 2.87. The van der Waals surface area contributed by atoms with Crippen molar-refractivity contribution in [1.82, 2.24) is 10.2 Å². The van der Waals surface area contributed by atoms with Gasteiger partial charge >= 0.3 is 0 Å². The first-order valence-electron chi connectivity index (χ1n) is 11.7. The zero-order valence-corrected chi connectivity index (χ0v) is 21.5. The zero-order valence-electron chi connectivity index (χ0n) is 20.0. The van der Waals surface area contributed by atoms with E-state index < -0.39 is 6.04 Å². The molecule has 0 saturated carbocycles. The van der Waals surface area contributed by atoms with Crippen molar-refractivity contribution in [2.24, 2.45) is 0 Å². The van der Waals surface area contributed by atoms with Gasteiger partial charge in [0.1, 0.15) is 11.8 Å². The normalized spacial score (nSPS) is 11.5. The van der Waals surface area contributed by atoms with Crippen molar-refractivity contribution in [3.05, 3.63) is 99.5 Å². The van der Waals surface area contributed by atoms with E-state index in [1.54, 1.807) is 18.2 Å². The highest BCUT2D eigenvalue weighted by Crippen LogP contribution is 2.27. The van der Waals surface area contributed by atoms with Crippen LogP contribution in [0, 0.1) is 0 Å². The maximum atomic E-state index is 13.5. The first kappa shape index (κ1) is 26.6. The number of likely N-dealkylation sites (N-methyl/N-ethyl adjacent to an activating group) is 1. The van der Waals surface area contributed by atoms with Crippen LogP contribution in [0.25, 0.3) is 0 Å². The van der Waals surface area contributed by atoms with E-state index in [2.05, 4.69) is 12.2 Å². The van der Waals surface area contributed by atoms with Crippen molar-refractivity contribution in [3.8, 4) is 5.75 Å². The molecule has 0 heterocycles. The number of nitrogens with zero attached hydrogens (tertiary/aromatic N) is 1. The molecule has 3 aromatic carbocycles. The zero-order chi connectivity index (χ0) is 25.2. The fourth-order valence-electron chi connectivity index (χ4n) is 3.75. The van der Waals surface area contributed by atoms with Gasteiger partial charge in [0.25, 0.3) is 5.91 Å². The summed E-state index contributed by atoms with van der Waals surface area (Å²) in [5.41, 5.74) is 2.69. The minimum Gasteiger partial charge on any atom is -0.484 e. The highest BCUT2D eigenvalue weighted by atomic mass is 35.5. The molecule has 0 aliphatic rings. The van der Waals surface area contributed by atoms with Crippen LogP contribution >= 0.6 is 23.2 Å². The molecule has 0 spiro atoms. The molecule has 35 heavy (non-hydrogen) atoms. The van der Waals surface area contributed by atoms with E-state index in [4.69, 9.17) is 27.9 Å². The number of hydrogen-bond donors (Lipinski definition) is 1. The Hall–Kier alpha value is -3.02. The Morgan fingerprint density at radius 3 is 2.14 bits per heavy atom. The van der Waals surface area contributed by atoms with Crippen LogP contribution in [0.5, 0.6) is 5.75 Å². The predicted molar refractivity (Wildman–Crippen MR) is 141 cm³/mol. The lowest BCUT2D eigenvalue weighted by Gasteiger charge is -2.32. The van der Waals surface area contributed by atoms with E-state index in [-0.39, 0.29) is 25.0 Å². The van der Waals surface area contributed by atoms with Gasteiger partial charge in [-0.3, -0.25) is 9.59 Å². The van der Waals surface area contributed by atoms with Crippen molar-refractivity contribution in [2.45, 2.75) is 39.3 Å². The Kier molecular flexibility index (Phi) is 10.0. The van der Waals surface area contributed by atoms with Gasteiger partial charge < -0.3 is 15.0 Å².